The van der Waals surface area contributed by atoms with Crippen molar-refractivity contribution < 1.29 is 9.90 Å². The van der Waals surface area contributed by atoms with E-state index < -0.39 is 5.97 Å². The van der Waals surface area contributed by atoms with Gasteiger partial charge in [0, 0.05) is 48.0 Å². The molecular weight excluding hydrogens is 323 g/mol. The SMILES string of the molecule is CN(C)c1cc(Cl)cc(Cl)c1CNC1CCC(C(=O)O)CC1. The molecule has 1 aliphatic carbocycles. The zero-order valence-corrected chi connectivity index (χ0v) is 14.4. The molecule has 4 nitrogen and oxygen atoms in total. The van der Waals surface area contributed by atoms with Gasteiger partial charge in [0.1, 0.15) is 0 Å². The van der Waals surface area contributed by atoms with Crippen molar-refractivity contribution in [3.05, 3.63) is 27.7 Å². The Labute approximate surface area is 141 Å². The predicted octanol–water partition coefficient (Wildman–Crippen LogP) is 3.79. The summed E-state index contributed by atoms with van der Waals surface area (Å²) < 4.78 is 0. The number of carboxylic acids is 1. The van der Waals surface area contributed by atoms with Crippen LogP contribution in [0.25, 0.3) is 0 Å². The Balaban J connectivity index is 1.99. The quantitative estimate of drug-likeness (QED) is 0.853. The third-order valence-electron chi connectivity index (χ3n) is 4.26. The summed E-state index contributed by atoms with van der Waals surface area (Å²) >= 11 is 12.4. The van der Waals surface area contributed by atoms with Gasteiger partial charge in [0.2, 0.25) is 0 Å². The lowest BCUT2D eigenvalue weighted by atomic mass is 9.86. The number of hydrogen-bond acceptors (Lipinski definition) is 3. The fourth-order valence-corrected chi connectivity index (χ4v) is 3.50. The molecule has 0 amide bonds. The van der Waals surface area contributed by atoms with Crippen molar-refractivity contribution in [2.45, 2.75) is 38.3 Å². The van der Waals surface area contributed by atoms with E-state index in [0.717, 1.165) is 36.9 Å². The molecule has 2 N–H and O–H groups in total. The Morgan fingerprint density at radius 1 is 1.27 bits per heavy atom. The molecule has 0 spiro atoms. The number of rotatable bonds is 5. The summed E-state index contributed by atoms with van der Waals surface area (Å²) in [6.07, 6.45) is 3.25. The summed E-state index contributed by atoms with van der Waals surface area (Å²) in [5.41, 5.74) is 2.03. The van der Waals surface area contributed by atoms with Gasteiger partial charge in [0.05, 0.1) is 5.92 Å². The molecule has 0 radical (unpaired) electrons. The van der Waals surface area contributed by atoms with Crippen LogP contribution in [0.5, 0.6) is 0 Å². The zero-order chi connectivity index (χ0) is 16.3. The highest BCUT2D eigenvalue weighted by atomic mass is 35.5. The van der Waals surface area contributed by atoms with E-state index in [1.807, 2.05) is 25.1 Å². The first-order valence-electron chi connectivity index (χ1n) is 7.50. The predicted molar refractivity (Wildman–Crippen MR) is 91.0 cm³/mol. The van der Waals surface area contributed by atoms with Gasteiger partial charge in [-0.15, -0.1) is 0 Å². The summed E-state index contributed by atoms with van der Waals surface area (Å²) in [4.78, 5) is 13.0. The van der Waals surface area contributed by atoms with Crippen molar-refractivity contribution in [2.75, 3.05) is 19.0 Å². The van der Waals surface area contributed by atoms with Gasteiger partial charge < -0.3 is 15.3 Å². The minimum absolute atomic E-state index is 0.186. The van der Waals surface area contributed by atoms with Gasteiger partial charge in [-0.05, 0) is 37.8 Å². The van der Waals surface area contributed by atoms with E-state index >= 15 is 0 Å². The highest BCUT2D eigenvalue weighted by molar-refractivity contribution is 6.35. The maximum atomic E-state index is 11.0. The first-order valence-corrected chi connectivity index (χ1v) is 8.25. The number of nitrogens with zero attached hydrogens (tertiary/aromatic N) is 1. The highest BCUT2D eigenvalue weighted by Crippen LogP contribution is 2.31. The molecule has 2 rings (SSSR count). The standard InChI is InChI=1S/C16H22Cl2N2O2/c1-20(2)15-8-11(17)7-14(18)13(15)9-19-12-5-3-10(4-6-12)16(21)22/h7-8,10,12,19H,3-6,9H2,1-2H3,(H,21,22). The van der Waals surface area contributed by atoms with Crippen molar-refractivity contribution in [3.63, 3.8) is 0 Å². The zero-order valence-electron chi connectivity index (χ0n) is 12.9. The third-order valence-corrected chi connectivity index (χ3v) is 4.82. The van der Waals surface area contributed by atoms with Crippen molar-refractivity contribution in [1.82, 2.24) is 5.32 Å². The highest BCUT2D eigenvalue weighted by Gasteiger charge is 2.25. The smallest absolute Gasteiger partial charge is 0.306 e. The second kappa shape index (κ2) is 7.53. The summed E-state index contributed by atoms with van der Waals surface area (Å²) in [7, 11) is 3.92. The average Bonchev–Trinajstić information content (AvgIpc) is 2.45. The second-order valence-corrected chi connectivity index (χ2v) is 6.89. The van der Waals surface area contributed by atoms with Gasteiger partial charge >= 0.3 is 5.97 Å². The molecular formula is C16H22Cl2N2O2. The topological polar surface area (TPSA) is 52.6 Å². The van der Waals surface area contributed by atoms with Crippen LogP contribution in [-0.2, 0) is 11.3 Å². The fraction of sp³-hybridized carbons (Fsp3) is 0.562. The van der Waals surface area contributed by atoms with Crippen LogP contribution in [0.15, 0.2) is 12.1 Å². The number of hydrogen-bond donors (Lipinski definition) is 2. The van der Waals surface area contributed by atoms with Crippen LogP contribution in [0.3, 0.4) is 0 Å². The van der Waals surface area contributed by atoms with Crippen LogP contribution in [-0.4, -0.2) is 31.2 Å². The van der Waals surface area contributed by atoms with E-state index in [-0.39, 0.29) is 5.92 Å². The Bertz CT molecular complexity index is 541. The molecule has 0 saturated heterocycles. The number of benzene rings is 1. The normalized spacial score (nSPS) is 21.6. The first-order chi connectivity index (χ1) is 10.4. The molecule has 122 valence electrons. The number of carboxylic acid groups (broad SMARTS) is 1. The molecule has 0 aromatic heterocycles. The van der Waals surface area contributed by atoms with E-state index in [1.165, 1.54) is 0 Å². The molecule has 0 unspecified atom stereocenters. The summed E-state index contributed by atoms with van der Waals surface area (Å²) in [6, 6.07) is 4.01. The van der Waals surface area contributed by atoms with E-state index in [2.05, 4.69) is 5.32 Å². The van der Waals surface area contributed by atoms with Gasteiger partial charge in [-0.1, -0.05) is 23.2 Å². The molecule has 0 bridgehead atoms. The van der Waals surface area contributed by atoms with Gasteiger partial charge in [0.25, 0.3) is 0 Å². The molecule has 1 fully saturated rings. The van der Waals surface area contributed by atoms with Crippen molar-refractivity contribution in [3.8, 4) is 0 Å². The number of nitrogens with one attached hydrogen (secondary N) is 1. The maximum Gasteiger partial charge on any atom is 0.306 e. The minimum atomic E-state index is -0.672. The van der Waals surface area contributed by atoms with Crippen LogP contribution >= 0.6 is 23.2 Å². The molecule has 0 aliphatic heterocycles. The van der Waals surface area contributed by atoms with Crippen LogP contribution in [0, 0.1) is 5.92 Å². The lowest BCUT2D eigenvalue weighted by Gasteiger charge is -2.28. The summed E-state index contributed by atoms with van der Waals surface area (Å²) in [6.45, 7) is 0.659. The van der Waals surface area contributed by atoms with E-state index in [0.29, 0.717) is 22.6 Å². The minimum Gasteiger partial charge on any atom is -0.481 e. The maximum absolute atomic E-state index is 11.0. The Hall–Kier alpha value is -0.970. The monoisotopic (exact) mass is 344 g/mol. The lowest BCUT2D eigenvalue weighted by Crippen LogP contribution is -2.34. The molecule has 1 aromatic carbocycles. The second-order valence-electron chi connectivity index (χ2n) is 6.05. The van der Waals surface area contributed by atoms with Gasteiger partial charge in [-0.25, -0.2) is 0 Å². The van der Waals surface area contributed by atoms with E-state index in [4.69, 9.17) is 28.3 Å². The van der Waals surface area contributed by atoms with Crippen molar-refractivity contribution in [2.24, 2.45) is 5.92 Å². The lowest BCUT2D eigenvalue weighted by molar-refractivity contribution is -0.142. The number of anilines is 1. The van der Waals surface area contributed by atoms with E-state index in [1.54, 1.807) is 6.07 Å². The number of aliphatic carboxylic acids is 1. The van der Waals surface area contributed by atoms with Gasteiger partial charge in [-0.3, -0.25) is 4.79 Å². The largest absolute Gasteiger partial charge is 0.481 e. The molecule has 1 saturated carbocycles. The Morgan fingerprint density at radius 2 is 1.91 bits per heavy atom. The van der Waals surface area contributed by atoms with Crippen LogP contribution in [0.2, 0.25) is 10.0 Å². The summed E-state index contributed by atoms with van der Waals surface area (Å²) in [5.74, 6) is -0.858. The number of halogens is 2. The van der Waals surface area contributed by atoms with Crippen molar-refractivity contribution in [1.29, 1.82) is 0 Å². The average molecular weight is 345 g/mol. The molecule has 6 heteroatoms. The molecule has 0 heterocycles. The van der Waals surface area contributed by atoms with Gasteiger partial charge in [0.15, 0.2) is 0 Å². The van der Waals surface area contributed by atoms with Crippen LogP contribution in [0.1, 0.15) is 31.2 Å². The van der Waals surface area contributed by atoms with Crippen LogP contribution in [0.4, 0.5) is 5.69 Å². The molecule has 1 aromatic rings. The fourth-order valence-electron chi connectivity index (χ4n) is 2.95. The summed E-state index contributed by atoms with van der Waals surface area (Å²) in [5, 5.41) is 13.8. The Kier molecular flexibility index (Phi) is 5.95. The van der Waals surface area contributed by atoms with Crippen LogP contribution < -0.4 is 10.2 Å². The van der Waals surface area contributed by atoms with Crippen molar-refractivity contribution >= 4 is 34.9 Å². The first kappa shape index (κ1) is 17.4. The Morgan fingerprint density at radius 3 is 2.45 bits per heavy atom. The number of carbonyl (C=O) groups is 1. The molecule has 22 heavy (non-hydrogen) atoms. The van der Waals surface area contributed by atoms with E-state index in [9.17, 15) is 4.79 Å². The molecule has 0 atom stereocenters. The molecule has 1 aliphatic rings. The third kappa shape index (κ3) is 4.28. The van der Waals surface area contributed by atoms with Gasteiger partial charge in [-0.2, -0.15) is 0 Å².